The zero-order chi connectivity index (χ0) is 16.7. The van der Waals surface area contributed by atoms with Crippen molar-refractivity contribution in [1.29, 1.82) is 0 Å². The summed E-state index contributed by atoms with van der Waals surface area (Å²) in [6.45, 7) is 2.01. The second-order valence-corrected chi connectivity index (χ2v) is 7.60. The van der Waals surface area contributed by atoms with Crippen LogP contribution in [0.4, 0.5) is 0 Å². The molecule has 2 aromatic heterocycles. The molecule has 0 unspecified atom stereocenters. The van der Waals surface area contributed by atoms with Gasteiger partial charge in [0.25, 0.3) is 5.91 Å². The lowest BCUT2D eigenvalue weighted by Gasteiger charge is -2.23. The lowest BCUT2D eigenvalue weighted by molar-refractivity contribution is 0.0743. The summed E-state index contributed by atoms with van der Waals surface area (Å²) in [7, 11) is 1.83. The zero-order valence-corrected chi connectivity index (χ0v) is 14.9. The number of rotatable bonds is 3. The van der Waals surface area contributed by atoms with E-state index in [9.17, 15) is 4.79 Å². The van der Waals surface area contributed by atoms with Gasteiger partial charge >= 0.3 is 0 Å². The van der Waals surface area contributed by atoms with Crippen LogP contribution in [0.3, 0.4) is 0 Å². The normalized spacial score (nSPS) is 12.6. The molecule has 1 amide bonds. The largest absolute Gasteiger partial charge is 0.333 e. The van der Waals surface area contributed by atoms with Crippen molar-refractivity contribution in [2.45, 2.75) is 13.0 Å². The Kier molecular flexibility index (Phi) is 3.78. The van der Waals surface area contributed by atoms with Crippen LogP contribution in [-0.4, -0.2) is 27.8 Å². The predicted molar refractivity (Wildman–Crippen MR) is 99.7 cm³/mol. The molecule has 0 aliphatic heterocycles. The van der Waals surface area contributed by atoms with Gasteiger partial charge in [-0.2, -0.15) is 0 Å². The first kappa shape index (κ1) is 15.2. The van der Waals surface area contributed by atoms with E-state index in [1.165, 1.54) is 0 Å². The van der Waals surface area contributed by atoms with Crippen LogP contribution in [0.5, 0.6) is 0 Å². The molecule has 0 fully saturated rings. The second kappa shape index (κ2) is 5.96. The van der Waals surface area contributed by atoms with E-state index in [2.05, 4.69) is 16.0 Å². The topological polar surface area (TPSA) is 46.1 Å². The molecule has 0 saturated heterocycles. The van der Waals surface area contributed by atoms with Crippen molar-refractivity contribution in [3.05, 3.63) is 58.5 Å². The van der Waals surface area contributed by atoms with E-state index in [1.807, 2.05) is 50.4 Å². The monoisotopic (exact) mass is 353 g/mol. The molecular weight excluding hydrogens is 338 g/mol. The lowest BCUT2D eigenvalue weighted by Crippen LogP contribution is -2.29. The van der Waals surface area contributed by atoms with Gasteiger partial charge in [0.05, 0.1) is 32.0 Å². The summed E-state index contributed by atoms with van der Waals surface area (Å²) in [6, 6.07) is 13.6. The summed E-state index contributed by atoms with van der Waals surface area (Å²) in [5, 5.41) is 0.950. The fraction of sp³-hybridized carbons (Fsp3) is 0.167. The molecule has 1 atom stereocenters. The molecule has 0 spiro atoms. The third-order valence-corrected chi connectivity index (χ3v) is 6.15. The van der Waals surface area contributed by atoms with E-state index < -0.39 is 0 Å². The van der Waals surface area contributed by atoms with Crippen molar-refractivity contribution in [2.75, 3.05) is 7.05 Å². The molecule has 0 saturated carbocycles. The molecule has 2 heterocycles. The Morgan fingerprint density at radius 1 is 1.12 bits per heavy atom. The molecule has 120 valence electrons. The Hall–Kier alpha value is -2.31. The van der Waals surface area contributed by atoms with Crippen molar-refractivity contribution in [3.8, 4) is 0 Å². The Labute approximate surface area is 147 Å². The van der Waals surface area contributed by atoms with Crippen molar-refractivity contribution in [3.63, 3.8) is 0 Å². The van der Waals surface area contributed by atoms with E-state index in [0.29, 0.717) is 5.56 Å². The van der Waals surface area contributed by atoms with Gasteiger partial charge in [-0.15, -0.1) is 22.7 Å². The fourth-order valence-corrected chi connectivity index (χ4v) is 4.38. The van der Waals surface area contributed by atoms with E-state index in [4.69, 9.17) is 0 Å². The third-order valence-electron chi connectivity index (χ3n) is 4.15. The van der Waals surface area contributed by atoms with Gasteiger partial charge in [0, 0.05) is 12.6 Å². The van der Waals surface area contributed by atoms with Crippen molar-refractivity contribution in [1.82, 2.24) is 14.9 Å². The van der Waals surface area contributed by atoms with Crippen molar-refractivity contribution >= 4 is 49.0 Å². The molecular formula is C18H15N3OS2. The Balaban J connectivity index is 1.63. The standard InChI is InChI=1S/C18H15N3OS2/c1-11(17-20-14-5-3-4-6-15(14)24-17)21(2)18(22)12-7-8-13-16(9-12)23-10-19-13/h3-11H,1-2H3/t11-/m0/s1. The first-order valence-electron chi connectivity index (χ1n) is 7.59. The molecule has 0 aliphatic carbocycles. The molecule has 24 heavy (non-hydrogen) atoms. The summed E-state index contributed by atoms with van der Waals surface area (Å²) >= 11 is 3.18. The number of benzene rings is 2. The van der Waals surface area contributed by atoms with Gasteiger partial charge in [-0.05, 0) is 37.3 Å². The summed E-state index contributed by atoms with van der Waals surface area (Å²) in [5.41, 5.74) is 4.39. The van der Waals surface area contributed by atoms with Gasteiger partial charge < -0.3 is 4.90 Å². The van der Waals surface area contributed by atoms with Crippen LogP contribution in [0.25, 0.3) is 20.4 Å². The smallest absolute Gasteiger partial charge is 0.254 e. The average molecular weight is 353 g/mol. The fourth-order valence-electron chi connectivity index (χ4n) is 2.60. The van der Waals surface area contributed by atoms with Crippen LogP contribution in [0.2, 0.25) is 0 Å². The lowest BCUT2D eigenvalue weighted by atomic mass is 10.1. The van der Waals surface area contributed by atoms with E-state index in [0.717, 1.165) is 25.4 Å². The Morgan fingerprint density at radius 2 is 1.96 bits per heavy atom. The van der Waals surface area contributed by atoms with Crippen molar-refractivity contribution < 1.29 is 4.79 Å². The van der Waals surface area contributed by atoms with Crippen LogP contribution in [0.15, 0.2) is 48.0 Å². The van der Waals surface area contributed by atoms with E-state index in [-0.39, 0.29) is 11.9 Å². The van der Waals surface area contributed by atoms with E-state index >= 15 is 0 Å². The van der Waals surface area contributed by atoms with Crippen LogP contribution in [0, 0.1) is 0 Å². The molecule has 0 aliphatic rings. The highest BCUT2D eigenvalue weighted by molar-refractivity contribution is 7.18. The summed E-state index contributed by atoms with van der Waals surface area (Å²) in [5.74, 6) is -0.00273. The first-order valence-corrected chi connectivity index (χ1v) is 9.29. The number of fused-ring (bicyclic) bond motifs is 2. The number of aromatic nitrogens is 2. The minimum absolute atomic E-state index is 0.00273. The van der Waals surface area contributed by atoms with Gasteiger partial charge in [0.2, 0.25) is 0 Å². The summed E-state index contributed by atoms with van der Waals surface area (Å²) in [4.78, 5) is 23.5. The van der Waals surface area contributed by atoms with Crippen molar-refractivity contribution in [2.24, 2.45) is 0 Å². The maximum absolute atomic E-state index is 12.8. The quantitative estimate of drug-likeness (QED) is 0.534. The third kappa shape index (κ3) is 2.57. The maximum Gasteiger partial charge on any atom is 0.254 e. The molecule has 4 nitrogen and oxygen atoms in total. The van der Waals surface area contributed by atoms with E-state index in [1.54, 1.807) is 33.1 Å². The predicted octanol–water partition coefficient (Wildman–Crippen LogP) is 4.74. The Bertz CT molecular complexity index is 1000. The van der Waals surface area contributed by atoms with Gasteiger partial charge in [-0.3, -0.25) is 4.79 Å². The maximum atomic E-state index is 12.8. The second-order valence-electron chi connectivity index (χ2n) is 5.65. The number of carbonyl (C=O) groups excluding carboxylic acids is 1. The number of hydrogen-bond acceptors (Lipinski definition) is 5. The van der Waals surface area contributed by atoms with Gasteiger partial charge in [-0.1, -0.05) is 12.1 Å². The minimum atomic E-state index is -0.0768. The number of nitrogens with zero attached hydrogens (tertiary/aromatic N) is 3. The number of thiazole rings is 2. The number of amides is 1. The number of carbonyl (C=O) groups is 1. The molecule has 0 bridgehead atoms. The van der Waals surface area contributed by atoms with Crippen LogP contribution in [0.1, 0.15) is 28.3 Å². The minimum Gasteiger partial charge on any atom is -0.333 e. The number of para-hydroxylation sites is 1. The van der Waals surface area contributed by atoms with Gasteiger partial charge in [0.15, 0.2) is 0 Å². The Morgan fingerprint density at radius 3 is 2.79 bits per heavy atom. The SMILES string of the molecule is C[C@@H](c1nc2ccccc2s1)N(C)C(=O)c1ccc2ncsc2c1. The first-order chi connectivity index (χ1) is 11.6. The number of hydrogen-bond donors (Lipinski definition) is 0. The molecule has 2 aromatic carbocycles. The highest BCUT2D eigenvalue weighted by atomic mass is 32.1. The van der Waals surface area contributed by atoms with Crippen LogP contribution >= 0.6 is 22.7 Å². The van der Waals surface area contributed by atoms with Gasteiger partial charge in [-0.25, -0.2) is 9.97 Å². The van der Waals surface area contributed by atoms with Crippen LogP contribution in [-0.2, 0) is 0 Å². The van der Waals surface area contributed by atoms with Gasteiger partial charge in [0.1, 0.15) is 5.01 Å². The molecule has 4 aromatic rings. The molecule has 0 radical (unpaired) electrons. The summed E-state index contributed by atoms with van der Waals surface area (Å²) in [6.07, 6.45) is 0. The summed E-state index contributed by atoms with van der Waals surface area (Å²) < 4.78 is 2.17. The molecule has 0 N–H and O–H groups in total. The molecule has 4 rings (SSSR count). The highest BCUT2D eigenvalue weighted by Crippen LogP contribution is 2.30. The average Bonchev–Trinajstić information content (AvgIpc) is 3.25. The molecule has 6 heteroatoms. The highest BCUT2D eigenvalue weighted by Gasteiger charge is 2.22. The van der Waals surface area contributed by atoms with Crippen LogP contribution < -0.4 is 0 Å². The zero-order valence-electron chi connectivity index (χ0n) is 13.3.